The van der Waals surface area contributed by atoms with Crippen LogP contribution in [-0.2, 0) is 6.42 Å². The summed E-state index contributed by atoms with van der Waals surface area (Å²) in [6.45, 7) is 7.29. The van der Waals surface area contributed by atoms with Crippen LogP contribution in [0.2, 0.25) is 0 Å². The Kier molecular flexibility index (Phi) is 7.98. The number of hydrogen-bond acceptors (Lipinski definition) is 2. The van der Waals surface area contributed by atoms with Gasteiger partial charge in [0, 0.05) is 0 Å². The number of nitriles is 1. The Morgan fingerprint density at radius 3 is 2.33 bits per heavy atom. The van der Waals surface area contributed by atoms with Crippen molar-refractivity contribution in [2.24, 2.45) is 17.8 Å². The maximum atomic E-state index is 9.51. The molecule has 0 amide bonds. The molecule has 0 bridgehead atoms. The molecule has 0 aromatic heterocycles. The van der Waals surface area contributed by atoms with Crippen LogP contribution in [-0.4, -0.2) is 6.10 Å². The van der Waals surface area contributed by atoms with E-state index in [0.29, 0.717) is 22.9 Å². The van der Waals surface area contributed by atoms with Crippen LogP contribution in [0, 0.1) is 42.1 Å². The van der Waals surface area contributed by atoms with Crippen LogP contribution >= 0.6 is 0 Å². The standard InChI is InChI=1S/C23H27N2O.Rb/c1-25-21-13-11-19-12-14-22(26-23(19)20(21)15-24)18-9-7-17(8-10-18)16-5-3-2-4-6-16;/h2,11,13,16-18,22H,3-10,12,14H2;/q-1;+1. The molecule has 0 N–H and O–H groups in total. The molecular formula is C23H27N2ORb. The van der Waals surface area contributed by atoms with E-state index >= 15 is 0 Å². The van der Waals surface area contributed by atoms with E-state index in [4.69, 9.17) is 11.3 Å². The fourth-order valence-corrected chi connectivity index (χ4v) is 5.40. The molecule has 1 aliphatic heterocycles. The molecule has 1 aromatic carbocycles. The van der Waals surface area contributed by atoms with Gasteiger partial charge >= 0.3 is 58.2 Å². The van der Waals surface area contributed by atoms with Gasteiger partial charge in [0.2, 0.25) is 5.69 Å². The molecule has 1 aromatic rings. The zero-order valence-electron chi connectivity index (χ0n) is 16.4. The SMILES string of the molecule is [C-]#[N+]c1ccc2c(c1C#N)OC(C1CCC(C3CC[CH-]CC3)CC1)CC2.[Rb+]. The summed E-state index contributed by atoms with van der Waals surface area (Å²) < 4.78 is 6.35. The van der Waals surface area contributed by atoms with Gasteiger partial charge < -0.3 is 11.2 Å². The van der Waals surface area contributed by atoms with Crippen LogP contribution in [0.15, 0.2) is 12.1 Å². The molecule has 136 valence electrons. The van der Waals surface area contributed by atoms with Crippen LogP contribution in [0.3, 0.4) is 0 Å². The van der Waals surface area contributed by atoms with E-state index in [9.17, 15) is 5.26 Å². The molecule has 2 saturated carbocycles. The average Bonchev–Trinajstić information content (AvgIpc) is 2.73. The fourth-order valence-electron chi connectivity index (χ4n) is 5.40. The quantitative estimate of drug-likeness (QED) is 0.674. The number of aryl methyl sites for hydroxylation is 1. The van der Waals surface area contributed by atoms with Gasteiger partial charge in [-0.15, -0.1) is 0 Å². The van der Waals surface area contributed by atoms with E-state index in [1.165, 1.54) is 51.4 Å². The molecule has 0 spiro atoms. The minimum Gasteiger partial charge on any atom is -0.490 e. The Balaban J connectivity index is 0.00000210. The third-order valence-electron chi connectivity index (χ3n) is 6.91. The molecule has 1 unspecified atom stereocenters. The van der Waals surface area contributed by atoms with Gasteiger partial charge in [-0.3, -0.25) is 0 Å². The van der Waals surface area contributed by atoms with Gasteiger partial charge in [-0.1, -0.05) is 25.0 Å². The monoisotopic (exact) mass is 432 g/mol. The molecule has 1 atom stereocenters. The van der Waals surface area contributed by atoms with Crippen molar-refractivity contribution in [2.75, 3.05) is 0 Å². The van der Waals surface area contributed by atoms with E-state index in [2.05, 4.69) is 17.3 Å². The summed E-state index contributed by atoms with van der Waals surface area (Å²) in [5, 5.41) is 9.51. The number of nitrogens with zero attached hydrogens (tertiary/aromatic N) is 2. The van der Waals surface area contributed by atoms with E-state index in [1.807, 2.05) is 6.07 Å². The van der Waals surface area contributed by atoms with E-state index in [1.54, 1.807) is 6.07 Å². The number of hydrogen-bond donors (Lipinski definition) is 0. The first-order valence-electron chi connectivity index (χ1n) is 10.2. The van der Waals surface area contributed by atoms with Gasteiger partial charge in [-0.2, -0.15) is 18.1 Å². The third kappa shape index (κ3) is 4.70. The van der Waals surface area contributed by atoms with E-state index in [-0.39, 0.29) is 64.3 Å². The number of fused-ring (bicyclic) bond motifs is 1. The van der Waals surface area contributed by atoms with Crippen molar-refractivity contribution in [3.8, 4) is 11.8 Å². The first-order chi connectivity index (χ1) is 12.8. The molecule has 2 fully saturated rings. The zero-order valence-corrected chi connectivity index (χ0v) is 21.3. The summed E-state index contributed by atoms with van der Waals surface area (Å²) in [5.74, 6) is 3.17. The molecule has 0 radical (unpaired) electrons. The normalized spacial score (nSPS) is 28.0. The van der Waals surface area contributed by atoms with Gasteiger partial charge in [0.25, 0.3) is 0 Å². The van der Waals surface area contributed by atoms with Crippen molar-refractivity contribution in [3.63, 3.8) is 0 Å². The molecule has 3 aliphatic rings. The summed E-state index contributed by atoms with van der Waals surface area (Å²) in [5.41, 5.74) is 1.95. The molecule has 0 saturated heterocycles. The summed E-state index contributed by atoms with van der Waals surface area (Å²) >= 11 is 0. The number of ether oxygens (including phenoxy) is 1. The largest absolute Gasteiger partial charge is 1.00 e. The number of rotatable bonds is 2. The van der Waals surface area contributed by atoms with Gasteiger partial charge in [0.05, 0.1) is 12.6 Å². The molecular weight excluding hydrogens is 406 g/mol. The summed E-state index contributed by atoms with van der Waals surface area (Å²) in [7, 11) is 0. The Labute approximate surface area is 212 Å². The van der Waals surface area contributed by atoms with Crippen molar-refractivity contribution in [1.29, 1.82) is 5.26 Å². The van der Waals surface area contributed by atoms with Crippen molar-refractivity contribution < 1.29 is 62.9 Å². The van der Waals surface area contributed by atoms with Crippen LogP contribution < -0.4 is 62.9 Å². The van der Waals surface area contributed by atoms with Gasteiger partial charge in [-0.25, -0.2) is 4.85 Å². The van der Waals surface area contributed by atoms with E-state index < -0.39 is 0 Å². The second kappa shape index (κ2) is 10.0. The van der Waals surface area contributed by atoms with Crippen LogP contribution in [0.4, 0.5) is 5.69 Å². The summed E-state index contributed by atoms with van der Waals surface area (Å²) in [6, 6.07) is 5.94. The summed E-state index contributed by atoms with van der Waals surface area (Å²) in [6.07, 6.45) is 15.3. The molecule has 27 heavy (non-hydrogen) atoms. The Hall–Kier alpha value is -0.195. The number of benzene rings is 1. The summed E-state index contributed by atoms with van der Waals surface area (Å²) in [4.78, 5) is 3.49. The predicted molar refractivity (Wildman–Crippen MR) is 102 cm³/mol. The van der Waals surface area contributed by atoms with Gasteiger partial charge in [-0.05, 0) is 61.8 Å². The second-order valence-corrected chi connectivity index (χ2v) is 8.24. The van der Waals surface area contributed by atoms with Crippen molar-refractivity contribution >= 4 is 5.69 Å². The molecule has 3 nitrogen and oxygen atoms in total. The molecule has 4 rings (SSSR count). The Morgan fingerprint density at radius 2 is 1.67 bits per heavy atom. The maximum absolute atomic E-state index is 9.51. The van der Waals surface area contributed by atoms with Crippen molar-refractivity contribution in [3.05, 3.63) is 41.1 Å². The smallest absolute Gasteiger partial charge is 0.490 e. The first kappa shape index (κ1) is 21.5. The fraction of sp³-hybridized carbons (Fsp3) is 0.609. The minimum atomic E-state index is 0. The van der Waals surface area contributed by atoms with Crippen molar-refractivity contribution in [2.45, 2.75) is 70.3 Å². The molecule has 4 heteroatoms. The van der Waals surface area contributed by atoms with Crippen LogP contribution in [0.25, 0.3) is 4.85 Å². The maximum Gasteiger partial charge on any atom is 1.00 e. The topological polar surface area (TPSA) is 37.4 Å². The average molecular weight is 433 g/mol. The molecule has 1 heterocycles. The Morgan fingerprint density at radius 1 is 1.00 bits per heavy atom. The van der Waals surface area contributed by atoms with Crippen molar-refractivity contribution in [1.82, 2.24) is 0 Å². The second-order valence-electron chi connectivity index (χ2n) is 8.24. The Bertz CT molecular complexity index is 734. The van der Waals surface area contributed by atoms with Crippen LogP contribution in [0.5, 0.6) is 5.75 Å². The minimum absolute atomic E-state index is 0. The van der Waals surface area contributed by atoms with Gasteiger partial charge in [0.1, 0.15) is 17.4 Å². The zero-order chi connectivity index (χ0) is 17.9. The molecule has 2 aliphatic carbocycles. The van der Waals surface area contributed by atoms with E-state index in [0.717, 1.165) is 30.2 Å². The van der Waals surface area contributed by atoms with Gasteiger partial charge in [0.15, 0.2) is 0 Å². The first-order valence-corrected chi connectivity index (χ1v) is 10.2. The van der Waals surface area contributed by atoms with Crippen LogP contribution in [0.1, 0.15) is 68.9 Å². The third-order valence-corrected chi connectivity index (χ3v) is 6.91. The predicted octanol–water partition coefficient (Wildman–Crippen LogP) is 3.01.